The van der Waals surface area contributed by atoms with Gasteiger partial charge in [-0.1, -0.05) is 27.2 Å². The number of rotatable bonds is 4. The molecule has 0 bridgehead atoms. The molecule has 0 saturated carbocycles. The zero-order valence-electron chi connectivity index (χ0n) is 9.14. The number of ether oxygens (including phenoxy) is 2. The Kier molecular flexibility index (Phi) is 4.20. The highest BCUT2D eigenvalue weighted by Gasteiger charge is 2.33. The van der Waals surface area contributed by atoms with Crippen molar-refractivity contribution in [2.45, 2.75) is 52.7 Å². The summed E-state index contributed by atoms with van der Waals surface area (Å²) in [5.74, 6) is 0. The molecule has 0 aromatic rings. The van der Waals surface area contributed by atoms with Crippen molar-refractivity contribution in [3.05, 3.63) is 0 Å². The third-order valence-corrected chi connectivity index (χ3v) is 3.18. The van der Waals surface area contributed by atoms with Gasteiger partial charge in [-0.25, -0.2) is 0 Å². The number of hydrogen-bond donors (Lipinski definition) is 0. The van der Waals surface area contributed by atoms with Crippen LogP contribution in [0.3, 0.4) is 0 Å². The maximum absolute atomic E-state index is 5.69. The molecule has 0 amide bonds. The molecular weight excluding hydrogens is 164 g/mol. The summed E-state index contributed by atoms with van der Waals surface area (Å²) in [4.78, 5) is 0. The van der Waals surface area contributed by atoms with Gasteiger partial charge in [-0.15, -0.1) is 0 Å². The quantitative estimate of drug-likeness (QED) is 0.672. The lowest BCUT2D eigenvalue weighted by Gasteiger charge is -2.38. The van der Waals surface area contributed by atoms with Crippen LogP contribution in [0.5, 0.6) is 0 Å². The fourth-order valence-electron chi connectivity index (χ4n) is 1.69. The van der Waals surface area contributed by atoms with Crippen molar-refractivity contribution >= 4 is 0 Å². The van der Waals surface area contributed by atoms with Crippen LogP contribution < -0.4 is 0 Å². The van der Waals surface area contributed by atoms with E-state index in [2.05, 4.69) is 20.8 Å². The van der Waals surface area contributed by atoms with Crippen molar-refractivity contribution in [1.29, 1.82) is 0 Å². The Morgan fingerprint density at radius 2 is 1.62 bits per heavy atom. The molecule has 0 unspecified atom stereocenters. The molecule has 13 heavy (non-hydrogen) atoms. The third kappa shape index (κ3) is 2.68. The normalized spacial score (nSPS) is 23.3. The Morgan fingerprint density at radius 3 is 2.00 bits per heavy atom. The van der Waals surface area contributed by atoms with Gasteiger partial charge in [0, 0.05) is 5.41 Å². The second kappa shape index (κ2) is 4.97. The van der Waals surface area contributed by atoms with Gasteiger partial charge in [0.15, 0.2) is 6.29 Å². The van der Waals surface area contributed by atoms with Crippen molar-refractivity contribution < 1.29 is 9.47 Å². The van der Waals surface area contributed by atoms with Gasteiger partial charge in [0.1, 0.15) is 0 Å². The van der Waals surface area contributed by atoms with Gasteiger partial charge in [0.2, 0.25) is 0 Å². The van der Waals surface area contributed by atoms with E-state index < -0.39 is 0 Å². The van der Waals surface area contributed by atoms with E-state index in [9.17, 15) is 0 Å². The predicted octanol–water partition coefficient (Wildman–Crippen LogP) is 2.97. The molecule has 1 fully saturated rings. The molecule has 1 heterocycles. The van der Waals surface area contributed by atoms with E-state index in [0.717, 1.165) is 38.9 Å². The molecule has 78 valence electrons. The maximum Gasteiger partial charge on any atom is 0.157 e. The summed E-state index contributed by atoms with van der Waals surface area (Å²) >= 11 is 0. The molecule has 1 aliphatic rings. The van der Waals surface area contributed by atoms with Crippen LogP contribution >= 0.6 is 0 Å². The highest BCUT2D eigenvalue weighted by Crippen LogP contribution is 2.32. The second-order valence-electron chi connectivity index (χ2n) is 4.05. The van der Waals surface area contributed by atoms with Crippen LogP contribution in [-0.2, 0) is 9.47 Å². The monoisotopic (exact) mass is 186 g/mol. The molecule has 1 saturated heterocycles. The first-order valence-corrected chi connectivity index (χ1v) is 5.49. The largest absolute Gasteiger partial charge is 0.352 e. The van der Waals surface area contributed by atoms with E-state index in [1.165, 1.54) is 0 Å². The summed E-state index contributed by atoms with van der Waals surface area (Å²) in [5.41, 5.74) is 0.296. The first-order valence-electron chi connectivity index (χ1n) is 5.49. The Bertz CT molecular complexity index is 131. The highest BCUT2D eigenvalue weighted by atomic mass is 16.7. The molecule has 1 rings (SSSR count). The fraction of sp³-hybridized carbons (Fsp3) is 1.00. The smallest absolute Gasteiger partial charge is 0.157 e. The highest BCUT2D eigenvalue weighted by molar-refractivity contribution is 4.78. The molecule has 2 heteroatoms. The van der Waals surface area contributed by atoms with Gasteiger partial charge >= 0.3 is 0 Å². The summed E-state index contributed by atoms with van der Waals surface area (Å²) in [6.45, 7) is 8.36. The Labute approximate surface area is 81.6 Å². The lowest BCUT2D eigenvalue weighted by molar-refractivity contribution is -0.233. The molecule has 0 radical (unpaired) electrons. The van der Waals surface area contributed by atoms with Crippen LogP contribution in [0, 0.1) is 5.41 Å². The van der Waals surface area contributed by atoms with E-state index in [1.807, 2.05) is 0 Å². The minimum absolute atomic E-state index is 0.0659. The third-order valence-electron chi connectivity index (χ3n) is 3.18. The van der Waals surface area contributed by atoms with E-state index in [4.69, 9.17) is 9.47 Å². The zero-order chi connectivity index (χ0) is 9.73. The second-order valence-corrected chi connectivity index (χ2v) is 4.05. The van der Waals surface area contributed by atoms with Crippen LogP contribution in [0.2, 0.25) is 0 Å². The van der Waals surface area contributed by atoms with Crippen LogP contribution in [0.25, 0.3) is 0 Å². The van der Waals surface area contributed by atoms with E-state index in [-0.39, 0.29) is 6.29 Å². The molecule has 1 aliphatic heterocycles. The van der Waals surface area contributed by atoms with E-state index in [1.54, 1.807) is 0 Å². The Morgan fingerprint density at radius 1 is 1.08 bits per heavy atom. The molecule has 0 atom stereocenters. The summed E-state index contributed by atoms with van der Waals surface area (Å²) < 4.78 is 11.4. The lowest BCUT2D eigenvalue weighted by Crippen LogP contribution is -2.40. The average molecular weight is 186 g/mol. The van der Waals surface area contributed by atoms with Gasteiger partial charge in [-0.05, 0) is 19.3 Å². The van der Waals surface area contributed by atoms with Crippen LogP contribution in [0.1, 0.15) is 46.5 Å². The molecule has 0 aliphatic carbocycles. The first kappa shape index (κ1) is 11.0. The summed E-state index contributed by atoms with van der Waals surface area (Å²) in [6, 6.07) is 0. The zero-order valence-corrected chi connectivity index (χ0v) is 9.14. The molecule has 2 nitrogen and oxygen atoms in total. The van der Waals surface area contributed by atoms with Crippen LogP contribution in [0.4, 0.5) is 0 Å². The molecule has 0 spiro atoms. The van der Waals surface area contributed by atoms with Crippen molar-refractivity contribution in [2.75, 3.05) is 13.2 Å². The number of hydrogen-bond acceptors (Lipinski definition) is 2. The van der Waals surface area contributed by atoms with Crippen LogP contribution in [0.15, 0.2) is 0 Å². The van der Waals surface area contributed by atoms with Gasteiger partial charge < -0.3 is 9.47 Å². The van der Waals surface area contributed by atoms with Crippen LogP contribution in [-0.4, -0.2) is 19.5 Å². The minimum atomic E-state index is 0.0659. The van der Waals surface area contributed by atoms with Crippen molar-refractivity contribution in [2.24, 2.45) is 5.41 Å². The Balaban J connectivity index is 2.36. The van der Waals surface area contributed by atoms with Gasteiger partial charge in [-0.3, -0.25) is 0 Å². The minimum Gasteiger partial charge on any atom is -0.352 e. The van der Waals surface area contributed by atoms with Crippen molar-refractivity contribution in [3.8, 4) is 0 Å². The molecular formula is C11H22O2. The van der Waals surface area contributed by atoms with Crippen molar-refractivity contribution in [3.63, 3.8) is 0 Å². The molecule has 0 aromatic heterocycles. The topological polar surface area (TPSA) is 18.5 Å². The molecule has 0 aromatic carbocycles. The predicted molar refractivity (Wildman–Crippen MR) is 53.6 cm³/mol. The standard InChI is InChI=1S/C11H22O2/c1-4-7-10-12-8-11(5-2,6-3)9-13-10/h10H,4-9H2,1-3H3. The first-order chi connectivity index (χ1) is 6.26. The summed E-state index contributed by atoms with van der Waals surface area (Å²) in [6.07, 6.45) is 4.54. The molecule has 0 N–H and O–H groups in total. The fourth-order valence-corrected chi connectivity index (χ4v) is 1.69. The van der Waals surface area contributed by atoms with Gasteiger partial charge in [0.05, 0.1) is 13.2 Å². The Hall–Kier alpha value is -0.0800. The van der Waals surface area contributed by atoms with Crippen molar-refractivity contribution in [1.82, 2.24) is 0 Å². The van der Waals surface area contributed by atoms with Gasteiger partial charge in [-0.2, -0.15) is 0 Å². The maximum atomic E-state index is 5.69. The SMILES string of the molecule is CCCC1OCC(CC)(CC)CO1. The van der Waals surface area contributed by atoms with E-state index >= 15 is 0 Å². The summed E-state index contributed by atoms with van der Waals surface area (Å²) in [7, 11) is 0. The lowest BCUT2D eigenvalue weighted by atomic mass is 9.83. The van der Waals surface area contributed by atoms with E-state index in [0.29, 0.717) is 5.41 Å². The summed E-state index contributed by atoms with van der Waals surface area (Å²) in [5, 5.41) is 0. The average Bonchev–Trinajstić information content (AvgIpc) is 2.20. The van der Waals surface area contributed by atoms with Gasteiger partial charge in [0.25, 0.3) is 0 Å².